The van der Waals surface area contributed by atoms with Gasteiger partial charge in [-0.2, -0.15) is 0 Å². The Morgan fingerprint density at radius 2 is 1.91 bits per heavy atom. The first-order valence-electron chi connectivity index (χ1n) is 10.6. The van der Waals surface area contributed by atoms with Crippen LogP contribution in [0, 0.1) is 5.82 Å². The number of hydrogen-bond acceptors (Lipinski definition) is 4. The monoisotopic (exact) mass is 470 g/mol. The van der Waals surface area contributed by atoms with Gasteiger partial charge >= 0.3 is 12.0 Å². The summed E-state index contributed by atoms with van der Waals surface area (Å²) in [7, 11) is 0. The zero-order chi connectivity index (χ0) is 24.1. The van der Waals surface area contributed by atoms with Gasteiger partial charge in [0.2, 0.25) is 0 Å². The van der Waals surface area contributed by atoms with Gasteiger partial charge < -0.3 is 25.6 Å². The van der Waals surface area contributed by atoms with Crippen LogP contribution in [0.4, 0.5) is 20.6 Å². The number of urea groups is 1. The molecule has 9 heteroatoms. The molecule has 1 aliphatic heterocycles. The maximum absolute atomic E-state index is 13.8. The molecule has 174 valence electrons. The number of benzene rings is 2. The molecule has 0 radical (unpaired) electrons. The van der Waals surface area contributed by atoms with Gasteiger partial charge in [0.05, 0.1) is 23.4 Å². The number of para-hydroxylation sites is 1. The molecule has 0 fully saturated rings. The molecular weight excluding hydrogens is 443 g/mol. The number of amides is 2. The van der Waals surface area contributed by atoms with Crippen LogP contribution in [0.25, 0.3) is 0 Å². The van der Waals surface area contributed by atoms with E-state index in [-0.39, 0.29) is 11.8 Å². The van der Waals surface area contributed by atoms with E-state index < -0.39 is 23.9 Å². The molecule has 0 saturated heterocycles. The summed E-state index contributed by atoms with van der Waals surface area (Å²) in [5, 5.41) is 8.89. The number of nitrogens with one attached hydrogen (secondary N) is 3. The van der Waals surface area contributed by atoms with Crippen LogP contribution in [0.5, 0.6) is 0 Å². The van der Waals surface area contributed by atoms with Crippen molar-refractivity contribution in [2.45, 2.75) is 39.8 Å². The lowest BCUT2D eigenvalue weighted by atomic mass is 9.94. The van der Waals surface area contributed by atoms with Crippen molar-refractivity contribution >= 4 is 40.7 Å². The largest absolute Gasteiger partial charge is 0.459 e. The van der Waals surface area contributed by atoms with Crippen LogP contribution in [-0.4, -0.2) is 34.7 Å². The number of esters is 1. The van der Waals surface area contributed by atoms with Crippen molar-refractivity contribution in [3.63, 3.8) is 0 Å². The fraction of sp³-hybridized carbons (Fsp3) is 0.292. The summed E-state index contributed by atoms with van der Waals surface area (Å²) >= 11 is 5.51. The first-order chi connectivity index (χ1) is 15.7. The number of allylic oxidation sites excluding steroid dienone is 1. The van der Waals surface area contributed by atoms with E-state index in [4.69, 9.17) is 17.0 Å². The second-order valence-corrected chi connectivity index (χ2v) is 8.15. The zero-order valence-electron chi connectivity index (χ0n) is 18.9. The van der Waals surface area contributed by atoms with Gasteiger partial charge in [0, 0.05) is 17.9 Å². The summed E-state index contributed by atoms with van der Waals surface area (Å²) in [6.45, 7) is 7.97. The van der Waals surface area contributed by atoms with E-state index in [1.807, 2.05) is 24.8 Å². The molecule has 3 N–H and O–H groups in total. The summed E-state index contributed by atoms with van der Waals surface area (Å²) in [4.78, 5) is 27.2. The van der Waals surface area contributed by atoms with Crippen molar-refractivity contribution < 1.29 is 18.7 Å². The molecule has 2 amide bonds. The van der Waals surface area contributed by atoms with Gasteiger partial charge in [-0.05, 0) is 69.7 Å². The predicted molar refractivity (Wildman–Crippen MR) is 130 cm³/mol. The maximum atomic E-state index is 13.8. The molecule has 0 aliphatic carbocycles. The van der Waals surface area contributed by atoms with Crippen molar-refractivity contribution in [2.75, 3.05) is 17.2 Å². The van der Waals surface area contributed by atoms with Crippen molar-refractivity contribution in [1.82, 2.24) is 10.2 Å². The molecule has 33 heavy (non-hydrogen) atoms. The number of rotatable bonds is 6. The van der Waals surface area contributed by atoms with E-state index in [0.29, 0.717) is 34.2 Å². The standard InChI is InChI=1S/C24H27FN4O3S/c1-5-29-15(4)20(22(30)32-14(2)3)21(28-24(29)33)16-9-8-10-17(13-16)26-23(31)27-19-12-7-6-11-18(19)25/h6-14,21H,5H2,1-4H3,(H,28,33)(H2,26,27,31)/t21-/m1/s1. The molecule has 3 rings (SSSR count). The number of nitrogens with zero attached hydrogens (tertiary/aromatic N) is 1. The van der Waals surface area contributed by atoms with E-state index in [1.54, 1.807) is 44.2 Å². The number of ether oxygens (including phenoxy) is 1. The van der Waals surface area contributed by atoms with Gasteiger partial charge in [-0.1, -0.05) is 24.3 Å². The number of anilines is 2. The minimum Gasteiger partial charge on any atom is -0.459 e. The van der Waals surface area contributed by atoms with Gasteiger partial charge in [0.15, 0.2) is 5.11 Å². The van der Waals surface area contributed by atoms with Gasteiger partial charge in [0.25, 0.3) is 0 Å². The third-order valence-electron chi connectivity index (χ3n) is 5.08. The Morgan fingerprint density at radius 1 is 1.18 bits per heavy atom. The van der Waals surface area contributed by atoms with Crippen LogP contribution in [0.15, 0.2) is 59.8 Å². The third-order valence-corrected chi connectivity index (χ3v) is 5.41. The van der Waals surface area contributed by atoms with Gasteiger partial charge in [-0.25, -0.2) is 14.0 Å². The van der Waals surface area contributed by atoms with Gasteiger partial charge in [-0.3, -0.25) is 0 Å². The zero-order valence-corrected chi connectivity index (χ0v) is 19.8. The Morgan fingerprint density at radius 3 is 2.58 bits per heavy atom. The summed E-state index contributed by atoms with van der Waals surface area (Å²) in [5.74, 6) is -0.965. The lowest BCUT2D eigenvalue weighted by molar-refractivity contribution is -0.143. The summed E-state index contributed by atoms with van der Waals surface area (Å²) < 4.78 is 19.3. The van der Waals surface area contributed by atoms with Crippen LogP contribution in [-0.2, 0) is 9.53 Å². The van der Waals surface area contributed by atoms with E-state index in [0.717, 1.165) is 0 Å². The first kappa shape index (κ1) is 24.2. The van der Waals surface area contributed by atoms with Crippen LogP contribution in [0.3, 0.4) is 0 Å². The second-order valence-electron chi connectivity index (χ2n) is 7.76. The molecule has 0 bridgehead atoms. The molecule has 2 aromatic rings. The van der Waals surface area contributed by atoms with Crippen molar-refractivity contribution in [2.24, 2.45) is 0 Å². The highest BCUT2D eigenvalue weighted by Gasteiger charge is 2.34. The fourth-order valence-corrected chi connectivity index (χ4v) is 3.98. The second kappa shape index (κ2) is 10.4. The molecule has 1 atom stereocenters. The lowest BCUT2D eigenvalue weighted by Gasteiger charge is -2.37. The first-order valence-corrected chi connectivity index (χ1v) is 11.0. The van der Waals surface area contributed by atoms with Crippen LogP contribution < -0.4 is 16.0 Å². The smallest absolute Gasteiger partial charge is 0.338 e. The van der Waals surface area contributed by atoms with Crippen LogP contribution in [0.1, 0.15) is 39.3 Å². The van der Waals surface area contributed by atoms with Gasteiger partial charge in [0.1, 0.15) is 5.82 Å². The molecule has 7 nitrogen and oxygen atoms in total. The van der Waals surface area contributed by atoms with Crippen molar-refractivity contribution in [1.29, 1.82) is 0 Å². The topological polar surface area (TPSA) is 82.7 Å². The van der Waals surface area contributed by atoms with Crippen molar-refractivity contribution in [3.05, 3.63) is 71.2 Å². The Balaban J connectivity index is 1.88. The predicted octanol–water partition coefficient (Wildman–Crippen LogP) is 4.95. The number of hydrogen-bond donors (Lipinski definition) is 3. The quantitative estimate of drug-likeness (QED) is 0.410. The molecule has 0 unspecified atom stereocenters. The number of carbonyl (C=O) groups is 2. The highest BCUT2D eigenvalue weighted by Crippen LogP contribution is 2.32. The summed E-state index contributed by atoms with van der Waals surface area (Å²) in [5.41, 5.74) is 2.43. The van der Waals surface area contributed by atoms with E-state index >= 15 is 0 Å². The Labute approximate surface area is 198 Å². The fourth-order valence-electron chi connectivity index (χ4n) is 3.60. The average molecular weight is 471 g/mol. The molecule has 0 spiro atoms. The van der Waals surface area contributed by atoms with Gasteiger partial charge in [-0.15, -0.1) is 0 Å². The van der Waals surface area contributed by atoms with E-state index in [9.17, 15) is 14.0 Å². The highest BCUT2D eigenvalue weighted by molar-refractivity contribution is 7.80. The number of carbonyl (C=O) groups excluding carboxylic acids is 2. The maximum Gasteiger partial charge on any atom is 0.338 e. The highest BCUT2D eigenvalue weighted by atomic mass is 32.1. The minimum atomic E-state index is -0.590. The Kier molecular flexibility index (Phi) is 7.65. The molecule has 2 aromatic carbocycles. The SMILES string of the molecule is CCN1C(=S)N[C@H](c2cccc(NC(=O)Nc3ccccc3F)c2)C(C(=O)OC(C)C)=C1C. The number of thiocarbonyl (C=S) groups is 1. The molecule has 0 saturated carbocycles. The normalized spacial score (nSPS) is 15.9. The molecular formula is C24H27FN4O3S. The Hall–Kier alpha value is -3.46. The molecule has 1 aliphatic rings. The Bertz CT molecular complexity index is 1100. The minimum absolute atomic E-state index is 0.0717. The summed E-state index contributed by atoms with van der Waals surface area (Å²) in [6.07, 6.45) is -0.280. The van der Waals surface area contributed by atoms with E-state index in [1.165, 1.54) is 12.1 Å². The summed E-state index contributed by atoms with van der Waals surface area (Å²) in [6, 6.07) is 11.8. The number of halogens is 1. The molecule has 1 heterocycles. The molecule has 0 aromatic heterocycles. The lowest BCUT2D eigenvalue weighted by Crippen LogP contribution is -2.47. The van der Waals surface area contributed by atoms with Crippen LogP contribution in [0.2, 0.25) is 0 Å². The van der Waals surface area contributed by atoms with Crippen molar-refractivity contribution in [3.8, 4) is 0 Å². The van der Waals surface area contributed by atoms with E-state index in [2.05, 4.69) is 16.0 Å². The average Bonchev–Trinajstić information content (AvgIpc) is 2.74. The third kappa shape index (κ3) is 5.67. The van der Waals surface area contributed by atoms with Crippen LogP contribution >= 0.6 is 12.2 Å².